The van der Waals surface area contributed by atoms with Crippen molar-refractivity contribution in [2.45, 2.75) is 130 Å². The molecule has 1 aliphatic rings. The predicted molar refractivity (Wildman–Crippen MR) is 316 cm³/mol. The van der Waals surface area contributed by atoms with Gasteiger partial charge in [0.1, 0.15) is 5.82 Å². The van der Waals surface area contributed by atoms with Crippen LogP contribution in [-0.2, 0) is 42.7 Å². The van der Waals surface area contributed by atoms with E-state index in [0.717, 1.165) is 50.3 Å². The Morgan fingerprint density at radius 1 is 0.539 bits per heavy atom. The smallest absolute Gasteiger partial charge is 0.135 e. The summed E-state index contributed by atoms with van der Waals surface area (Å²) in [5.74, 6) is 2.62. The van der Waals surface area contributed by atoms with Crippen LogP contribution in [0.3, 0.4) is 0 Å². The summed E-state index contributed by atoms with van der Waals surface area (Å²) in [5.41, 5.74) is 15.5. The summed E-state index contributed by atoms with van der Waals surface area (Å²) in [6.45, 7) is 34.4. The molecule has 0 saturated carbocycles. The van der Waals surface area contributed by atoms with E-state index >= 15 is 0 Å². The summed E-state index contributed by atoms with van der Waals surface area (Å²) < 4.78 is 9.42. The average molecular weight is 1180 g/mol. The van der Waals surface area contributed by atoms with Gasteiger partial charge >= 0.3 is 0 Å². The van der Waals surface area contributed by atoms with Crippen LogP contribution >= 0.6 is 0 Å². The van der Waals surface area contributed by atoms with Gasteiger partial charge in [0, 0.05) is 66.6 Å². The Labute approximate surface area is 467 Å². The van der Waals surface area contributed by atoms with Crippen LogP contribution in [-0.4, -0.2) is 9.55 Å². The van der Waals surface area contributed by atoms with Crippen molar-refractivity contribution in [1.82, 2.24) is 9.55 Å². The topological polar surface area (TPSA) is 33.5 Å². The summed E-state index contributed by atoms with van der Waals surface area (Å²) in [6, 6.07) is 64.6. The van der Waals surface area contributed by atoms with E-state index in [-0.39, 0.29) is 37.3 Å². The standard InChI is InChI=1S/C70H73N4O.Pt/c1-46(2)57-32-24-33-58(47(3)4)65(57)63-44-72(54-38-51(67(5,6)7)37-52(39-54)68(8,9)10)45-73(63)53-29-23-30-55(41-53)75-56-42-60(70(13,14)49-27-19-16-20-28-49)66-59-31-21-22-34-61(59)74(62(66)43-56)64-40-50(35-36-71-64)69(11,12)48-25-17-15-18-26-48;/h15-40,42,44-47H,1-14H3;/q-3;. The Hall–Kier alpha value is -6.68. The fourth-order valence-corrected chi connectivity index (χ4v) is 10.9. The minimum atomic E-state index is -0.430. The van der Waals surface area contributed by atoms with Crippen LogP contribution in [0.15, 0.2) is 170 Å². The average Bonchev–Trinajstić information content (AvgIpc) is 3.99. The Kier molecular flexibility index (Phi) is 14.7. The maximum atomic E-state index is 7.15. The first-order valence-electron chi connectivity index (χ1n) is 26.8. The molecule has 0 amide bonds. The molecule has 0 atom stereocenters. The monoisotopic (exact) mass is 1180 g/mol. The molecule has 76 heavy (non-hydrogen) atoms. The van der Waals surface area contributed by atoms with Crippen molar-refractivity contribution in [3.8, 4) is 17.3 Å². The second-order valence-corrected chi connectivity index (χ2v) is 24.3. The van der Waals surface area contributed by atoms with E-state index in [4.69, 9.17) is 9.72 Å². The molecule has 0 N–H and O–H groups in total. The molecule has 0 fully saturated rings. The fraction of sp³-hybridized carbons (Fsp3) is 0.286. The van der Waals surface area contributed by atoms with E-state index in [9.17, 15) is 0 Å². The van der Waals surface area contributed by atoms with Crippen LogP contribution in [0.5, 0.6) is 11.5 Å². The molecule has 7 aromatic carbocycles. The van der Waals surface area contributed by atoms with E-state index in [1.807, 2.05) is 12.3 Å². The number of hydrogen-bond donors (Lipinski definition) is 0. The van der Waals surface area contributed by atoms with E-state index in [2.05, 4.69) is 288 Å². The number of nitrogens with zero attached hydrogens (tertiary/aromatic N) is 4. The number of hydrogen-bond acceptors (Lipinski definition) is 4. The van der Waals surface area contributed by atoms with Gasteiger partial charge in [-0.05, 0) is 109 Å². The van der Waals surface area contributed by atoms with Crippen LogP contribution < -0.4 is 14.5 Å². The Balaban J connectivity index is 0.00000706. The van der Waals surface area contributed by atoms with Crippen molar-refractivity contribution in [3.05, 3.63) is 239 Å². The van der Waals surface area contributed by atoms with Gasteiger partial charge in [0.25, 0.3) is 0 Å². The fourth-order valence-electron chi connectivity index (χ4n) is 10.9. The van der Waals surface area contributed by atoms with Gasteiger partial charge in [-0.2, -0.15) is 6.07 Å². The molecule has 392 valence electrons. The number of anilines is 2. The van der Waals surface area contributed by atoms with Crippen molar-refractivity contribution in [1.29, 1.82) is 0 Å². The van der Waals surface area contributed by atoms with Gasteiger partial charge in [0.15, 0.2) is 0 Å². The quantitative estimate of drug-likeness (QED) is 0.114. The molecular formula is C70H73N4OPt-3. The molecular weight excluding hydrogens is 1110 g/mol. The molecule has 1 aliphatic heterocycles. The zero-order chi connectivity index (χ0) is 53.2. The molecule has 9 aromatic rings. The number of para-hydroxylation sites is 1. The molecule has 0 saturated heterocycles. The molecule has 0 radical (unpaired) electrons. The zero-order valence-corrected chi connectivity index (χ0v) is 49.2. The van der Waals surface area contributed by atoms with Gasteiger partial charge in [0.05, 0.1) is 0 Å². The predicted octanol–water partition coefficient (Wildman–Crippen LogP) is 18.5. The third-order valence-corrected chi connectivity index (χ3v) is 15.6. The SMILES string of the molecule is CC(C)c1cccc(C(C)C)c1C1=CN(c2cc(C(C)(C)C)cc(C(C)(C)C)c2)[CH-]N1c1[c-]c(Oc2[c-]c3c(c(C(C)(C)c4ccccc4)c2)c2ccccc2n3-c2cc(C(C)(C)c3ccccc3)ccn2)ccc1.[Pt]. The second-order valence-electron chi connectivity index (χ2n) is 24.3. The maximum Gasteiger partial charge on any atom is 0.135 e. The normalized spacial score (nSPS) is 13.5. The van der Waals surface area contributed by atoms with Crippen LogP contribution in [0.25, 0.3) is 33.3 Å². The number of aromatic nitrogens is 2. The van der Waals surface area contributed by atoms with Crippen LogP contribution in [0.2, 0.25) is 0 Å². The number of rotatable bonds is 12. The van der Waals surface area contributed by atoms with Crippen molar-refractivity contribution in [2.24, 2.45) is 0 Å². The van der Waals surface area contributed by atoms with Gasteiger partial charge in [-0.3, -0.25) is 0 Å². The Morgan fingerprint density at radius 2 is 1.12 bits per heavy atom. The molecule has 5 nitrogen and oxygen atoms in total. The Morgan fingerprint density at radius 3 is 1.72 bits per heavy atom. The molecule has 6 heteroatoms. The van der Waals surface area contributed by atoms with Crippen molar-refractivity contribution >= 4 is 38.9 Å². The molecule has 0 bridgehead atoms. The zero-order valence-electron chi connectivity index (χ0n) is 46.9. The van der Waals surface area contributed by atoms with Crippen molar-refractivity contribution in [2.75, 3.05) is 9.80 Å². The largest absolute Gasteiger partial charge is 0.509 e. The maximum absolute atomic E-state index is 7.15. The van der Waals surface area contributed by atoms with Gasteiger partial charge in [-0.15, -0.1) is 48.3 Å². The van der Waals surface area contributed by atoms with Crippen LogP contribution in [0, 0.1) is 18.8 Å². The van der Waals surface area contributed by atoms with Gasteiger partial charge in [-0.1, -0.05) is 211 Å². The van der Waals surface area contributed by atoms with E-state index in [1.165, 1.54) is 44.5 Å². The third-order valence-electron chi connectivity index (χ3n) is 15.6. The molecule has 10 rings (SSSR count). The first-order chi connectivity index (χ1) is 35.6. The minimum Gasteiger partial charge on any atom is -0.509 e. The third kappa shape index (κ3) is 10.2. The minimum absolute atomic E-state index is 0. The summed E-state index contributed by atoms with van der Waals surface area (Å²) in [7, 11) is 0. The first kappa shape index (κ1) is 54.1. The summed E-state index contributed by atoms with van der Waals surface area (Å²) >= 11 is 0. The van der Waals surface area contributed by atoms with Crippen molar-refractivity contribution < 1.29 is 25.8 Å². The van der Waals surface area contributed by atoms with E-state index in [0.29, 0.717) is 23.3 Å². The van der Waals surface area contributed by atoms with E-state index in [1.54, 1.807) is 0 Å². The molecule has 0 aliphatic carbocycles. The van der Waals surface area contributed by atoms with Gasteiger partial charge in [-0.25, -0.2) is 4.98 Å². The molecule has 2 aromatic heterocycles. The number of fused-ring (bicyclic) bond motifs is 3. The van der Waals surface area contributed by atoms with Gasteiger partial charge in [0.2, 0.25) is 0 Å². The second kappa shape index (κ2) is 20.7. The van der Waals surface area contributed by atoms with E-state index < -0.39 is 5.41 Å². The summed E-state index contributed by atoms with van der Waals surface area (Å²) in [5, 5.41) is 2.26. The molecule has 3 heterocycles. The Bertz CT molecular complexity index is 3530. The molecule has 0 unspecified atom stereocenters. The first-order valence-corrected chi connectivity index (χ1v) is 26.8. The summed E-state index contributed by atoms with van der Waals surface area (Å²) in [4.78, 5) is 9.73. The molecule has 0 spiro atoms. The van der Waals surface area contributed by atoms with Gasteiger partial charge < -0.3 is 19.1 Å². The number of ether oxygens (including phenoxy) is 1. The van der Waals surface area contributed by atoms with Crippen LogP contribution in [0.1, 0.15) is 159 Å². The van der Waals surface area contributed by atoms with Crippen LogP contribution in [0.4, 0.5) is 11.4 Å². The van der Waals surface area contributed by atoms with Crippen molar-refractivity contribution in [3.63, 3.8) is 0 Å². The number of pyridine rings is 1. The number of benzene rings is 7. The summed E-state index contributed by atoms with van der Waals surface area (Å²) in [6.07, 6.45) is 4.27.